The number of rotatable bonds is 3. The molecule has 0 spiro atoms. The average Bonchev–Trinajstić information content (AvgIpc) is 3.91. The third-order valence-corrected chi connectivity index (χ3v) is 11.1. The van der Waals surface area contributed by atoms with Gasteiger partial charge in [-0.05, 0) is 91.8 Å². The zero-order chi connectivity index (χ0) is 34.6. The molecule has 53 heavy (non-hydrogen) atoms. The molecule has 0 aliphatic rings. The molecule has 0 N–H and O–H groups in total. The van der Waals surface area contributed by atoms with Gasteiger partial charge in [0.05, 0.1) is 0 Å². The van der Waals surface area contributed by atoms with E-state index in [0.29, 0.717) is 0 Å². The Morgan fingerprint density at radius 2 is 0.717 bits per heavy atom. The SMILES string of the molecule is c1ccc2c(c1)oc1cc(-c3ccc(-c4c5ccccc5c(-c5cccc6oc7ccccc7c56)c5ccccc45)c4c3oc3ccccc34)ccc12. The molecule has 0 radical (unpaired) electrons. The second-order valence-electron chi connectivity index (χ2n) is 13.9. The van der Waals surface area contributed by atoms with Crippen LogP contribution >= 0.6 is 0 Å². The molecule has 0 saturated carbocycles. The highest BCUT2D eigenvalue weighted by Crippen LogP contribution is 2.50. The second kappa shape index (κ2) is 10.7. The Labute approximate surface area is 302 Å². The van der Waals surface area contributed by atoms with Crippen molar-refractivity contribution in [1.29, 1.82) is 0 Å². The van der Waals surface area contributed by atoms with E-state index in [2.05, 4.69) is 146 Å². The third kappa shape index (κ3) is 3.99. The lowest BCUT2D eigenvalue weighted by Crippen LogP contribution is -1.92. The molecule has 0 atom stereocenters. The van der Waals surface area contributed by atoms with Crippen LogP contribution in [0.25, 0.3) is 121 Å². The molecule has 9 aromatic carbocycles. The molecule has 0 bridgehead atoms. The molecule has 0 amide bonds. The molecule has 0 aliphatic heterocycles. The first-order chi connectivity index (χ1) is 26.3. The molecular weight excluding hydrogens is 649 g/mol. The van der Waals surface area contributed by atoms with Crippen molar-refractivity contribution in [3.8, 4) is 33.4 Å². The minimum Gasteiger partial charge on any atom is -0.456 e. The van der Waals surface area contributed by atoms with Crippen LogP contribution in [0.15, 0.2) is 183 Å². The number of para-hydroxylation sites is 3. The molecule has 3 heteroatoms. The first kappa shape index (κ1) is 28.6. The van der Waals surface area contributed by atoms with Gasteiger partial charge in [-0.2, -0.15) is 0 Å². The highest BCUT2D eigenvalue weighted by molar-refractivity contribution is 6.29. The van der Waals surface area contributed by atoms with Crippen molar-refractivity contribution in [2.24, 2.45) is 0 Å². The highest BCUT2D eigenvalue weighted by Gasteiger charge is 2.24. The van der Waals surface area contributed by atoms with Crippen LogP contribution in [0.1, 0.15) is 0 Å². The molecule has 0 unspecified atom stereocenters. The maximum atomic E-state index is 6.83. The molecule has 3 aromatic heterocycles. The van der Waals surface area contributed by atoms with Crippen LogP contribution in [0.2, 0.25) is 0 Å². The van der Waals surface area contributed by atoms with Crippen molar-refractivity contribution in [2.75, 3.05) is 0 Å². The molecule has 0 saturated heterocycles. The zero-order valence-electron chi connectivity index (χ0n) is 28.4. The Hall–Kier alpha value is -7.10. The fraction of sp³-hybridized carbons (Fsp3) is 0. The summed E-state index contributed by atoms with van der Waals surface area (Å²) in [4.78, 5) is 0. The van der Waals surface area contributed by atoms with Gasteiger partial charge in [-0.25, -0.2) is 0 Å². The second-order valence-corrected chi connectivity index (χ2v) is 13.9. The summed E-state index contributed by atoms with van der Waals surface area (Å²) >= 11 is 0. The molecule has 0 aliphatic carbocycles. The topological polar surface area (TPSA) is 39.4 Å². The van der Waals surface area contributed by atoms with E-state index in [4.69, 9.17) is 13.3 Å². The third-order valence-electron chi connectivity index (χ3n) is 11.1. The Kier molecular flexibility index (Phi) is 5.77. The molecule has 12 aromatic rings. The fourth-order valence-electron chi connectivity index (χ4n) is 8.85. The molecule has 246 valence electrons. The molecule has 3 nitrogen and oxygen atoms in total. The van der Waals surface area contributed by atoms with E-state index < -0.39 is 0 Å². The molecule has 0 fully saturated rings. The Morgan fingerprint density at radius 3 is 1.38 bits per heavy atom. The van der Waals surface area contributed by atoms with Crippen LogP contribution in [0.3, 0.4) is 0 Å². The number of hydrogen-bond donors (Lipinski definition) is 0. The van der Waals surface area contributed by atoms with Gasteiger partial charge in [0.25, 0.3) is 0 Å². The van der Waals surface area contributed by atoms with Crippen molar-refractivity contribution in [3.63, 3.8) is 0 Å². The van der Waals surface area contributed by atoms with Crippen molar-refractivity contribution < 1.29 is 13.3 Å². The predicted octanol–water partition coefficient (Wildman–Crippen LogP) is 14.7. The molecular formula is C50H28O3. The van der Waals surface area contributed by atoms with Crippen LogP contribution in [0.4, 0.5) is 0 Å². The lowest BCUT2D eigenvalue weighted by molar-refractivity contribution is 0.668. The van der Waals surface area contributed by atoms with Gasteiger partial charge in [0.2, 0.25) is 0 Å². The fourth-order valence-corrected chi connectivity index (χ4v) is 8.85. The summed E-state index contributed by atoms with van der Waals surface area (Å²) in [6.07, 6.45) is 0. The van der Waals surface area contributed by atoms with Gasteiger partial charge in [0, 0.05) is 37.9 Å². The van der Waals surface area contributed by atoms with Gasteiger partial charge in [-0.3, -0.25) is 0 Å². The van der Waals surface area contributed by atoms with E-state index in [1.807, 2.05) is 24.3 Å². The van der Waals surface area contributed by atoms with Crippen LogP contribution in [-0.2, 0) is 0 Å². The van der Waals surface area contributed by atoms with Gasteiger partial charge in [0.15, 0.2) is 0 Å². The summed E-state index contributed by atoms with van der Waals surface area (Å²) in [6, 6.07) is 60.1. The van der Waals surface area contributed by atoms with Gasteiger partial charge >= 0.3 is 0 Å². The van der Waals surface area contributed by atoms with Crippen LogP contribution < -0.4 is 0 Å². The lowest BCUT2D eigenvalue weighted by Gasteiger charge is -2.19. The van der Waals surface area contributed by atoms with E-state index in [1.54, 1.807) is 0 Å². The summed E-state index contributed by atoms with van der Waals surface area (Å²) in [7, 11) is 0. The Bertz CT molecular complexity index is 3410. The number of furan rings is 3. The number of hydrogen-bond acceptors (Lipinski definition) is 3. The number of benzene rings is 9. The summed E-state index contributed by atoms with van der Waals surface area (Å²) in [6.45, 7) is 0. The minimum atomic E-state index is 0.866. The summed E-state index contributed by atoms with van der Waals surface area (Å²) < 4.78 is 19.5. The van der Waals surface area contributed by atoms with E-state index in [0.717, 1.165) is 82.5 Å². The first-order valence-electron chi connectivity index (χ1n) is 18.0. The lowest BCUT2D eigenvalue weighted by atomic mass is 9.83. The largest absolute Gasteiger partial charge is 0.456 e. The Morgan fingerprint density at radius 1 is 0.264 bits per heavy atom. The normalized spacial score (nSPS) is 12.2. The quantitative estimate of drug-likeness (QED) is 0.175. The van der Waals surface area contributed by atoms with Crippen LogP contribution in [0.5, 0.6) is 0 Å². The van der Waals surface area contributed by atoms with Crippen molar-refractivity contribution in [1.82, 2.24) is 0 Å². The predicted molar refractivity (Wildman–Crippen MR) is 220 cm³/mol. The van der Waals surface area contributed by atoms with Gasteiger partial charge in [0.1, 0.15) is 33.5 Å². The van der Waals surface area contributed by atoms with Gasteiger partial charge in [-0.1, -0.05) is 127 Å². The molecule has 12 rings (SSSR count). The van der Waals surface area contributed by atoms with Crippen LogP contribution in [-0.4, -0.2) is 0 Å². The van der Waals surface area contributed by atoms with Crippen molar-refractivity contribution >= 4 is 87.4 Å². The maximum absolute atomic E-state index is 6.83. The van der Waals surface area contributed by atoms with E-state index in [-0.39, 0.29) is 0 Å². The summed E-state index contributed by atoms with van der Waals surface area (Å²) in [5, 5.41) is 11.5. The summed E-state index contributed by atoms with van der Waals surface area (Å²) in [5.41, 5.74) is 12.1. The highest BCUT2D eigenvalue weighted by atomic mass is 16.3. The van der Waals surface area contributed by atoms with Crippen molar-refractivity contribution in [2.45, 2.75) is 0 Å². The van der Waals surface area contributed by atoms with E-state index in [1.165, 1.54) is 38.2 Å². The standard InChI is InChI=1S/C50H28O3/c1-3-15-35-33(13-1)46(39-19-11-23-44-48(39)37-17-6-9-21-42(37)51-44)34-14-2-4-16-36(34)47(35)40-27-26-30(50-49(40)38-18-7-10-22-43(38)53-50)29-24-25-32-31-12-5-8-20-41(31)52-45(32)28-29/h1-28H. The number of fused-ring (bicyclic) bond motifs is 11. The van der Waals surface area contributed by atoms with E-state index >= 15 is 0 Å². The van der Waals surface area contributed by atoms with E-state index in [9.17, 15) is 0 Å². The molecule has 3 heterocycles. The average molecular weight is 677 g/mol. The van der Waals surface area contributed by atoms with Gasteiger partial charge in [-0.15, -0.1) is 0 Å². The summed E-state index contributed by atoms with van der Waals surface area (Å²) in [5.74, 6) is 0. The minimum absolute atomic E-state index is 0.866. The van der Waals surface area contributed by atoms with Gasteiger partial charge < -0.3 is 13.3 Å². The monoisotopic (exact) mass is 676 g/mol. The van der Waals surface area contributed by atoms with Crippen LogP contribution in [0, 0.1) is 0 Å². The zero-order valence-corrected chi connectivity index (χ0v) is 28.4. The maximum Gasteiger partial charge on any atom is 0.143 e. The van der Waals surface area contributed by atoms with Crippen molar-refractivity contribution in [3.05, 3.63) is 170 Å². The smallest absolute Gasteiger partial charge is 0.143 e. The first-order valence-corrected chi connectivity index (χ1v) is 18.0. The Balaban J connectivity index is 1.18.